The minimum absolute atomic E-state index is 0.153. The summed E-state index contributed by atoms with van der Waals surface area (Å²) in [5.41, 5.74) is 11.2. The van der Waals surface area contributed by atoms with Crippen molar-refractivity contribution in [3.63, 3.8) is 0 Å². The molecule has 0 bridgehead atoms. The van der Waals surface area contributed by atoms with Crippen LogP contribution in [0.15, 0.2) is 35.4 Å². The molecule has 1 aliphatic rings. The molecular formula is C25H39N7O3. The van der Waals surface area contributed by atoms with Gasteiger partial charge in [0, 0.05) is 31.4 Å². The summed E-state index contributed by atoms with van der Waals surface area (Å²) in [5.74, 6) is 0.887. The van der Waals surface area contributed by atoms with E-state index in [1.54, 1.807) is 23.0 Å². The van der Waals surface area contributed by atoms with Gasteiger partial charge in [-0.2, -0.15) is 4.98 Å². The number of aliphatic hydroxyl groups is 1. The third-order valence-electron chi connectivity index (χ3n) is 6.55. The number of carbonyl (C=O) groups is 1. The van der Waals surface area contributed by atoms with Crippen molar-refractivity contribution in [2.24, 2.45) is 11.5 Å². The molecule has 35 heavy (non-hydrogen) atoms. The number of aryl methyl sites for hydroxylation is 2. The lowest BCUT2D eigenvalue weighted by molar-refractivity contribution is -0.125. The van der Waals surface area contributed by atoms with Gasteiger partial charge >= 0.3 is 5.69 Å². The summed E-state index contributed by atoms with van der Waals surface area (Å²) in [6.07, 6.45) is 9.21. The van der Waals surface area contributed by atoms with Gasteiger partial charge in [0.1, 0.15) is 11.6 Å². The fourth-order valence-electron chi connectivity index (χ4n) is 4.07. The van der Waals surface area contributed by atoms with E-state index in [1.807, 2.05) is 12.1 Å². The number of nitrogens with one attached hydrogen (secondary N) is 1. The summed E-state index contributed by atoms with van der Waals surface area (Å²) >= 11 is 0. The molecule has 3 rings (SSSR count). The Morgan fingerprint density at radius 1 is 1.17 bits per heavy atom. The van der Waals surface area contributed by atoms with Crippen molar-refractivity contribution >= 4 is 17.4 Å². The molecule has 3 heterocycles. The molecule has 192 valence electrons. The number of nitrogens with two attached hydrogens (primary N) is 2. The first-order chi connectivity index (χ1) is 16.8. The molecule has 0 aromatic carbocycles. The number of Topliss-reactive ketones (excluding diaryl/α,β-unsaturated/α-hetero) is 1. The smallest absolute Gasteiger partial charge is 0.349 e. The third-order valence-corrected chi connectivity index (χ3v) is 6.55. The molecule has 0 amide bonds. The second kappa shape index (κ2) is 12.9. The average Bonchev–Trinajstić information content (AvgIpc) is 2.85. The van der Waals surface area contributed by atoms with Crippen LogP contribution in [0, 0.1) is 0 Å². The van der Waals surface area contributed by atoms with Crippen molar-refractivity contribution in [3.05, 3.63) is 46.6 Å². The van der Waals surface area contributed by atoms with Gasteiger partial charge in [0.2, 0.25) is 0 Å². The fraction of sp³-hybridized carbons (Fsp3) is 0.600. The maximum Gasteiger partial charge on any atom is 0.349 e. The Morgan fingerprint density at radius 2 is 1.91 bits per heavy atom. The number of aromatic nitrogens is 3. The van der Waals surface area contributed by atoms with E-state index in [1.165, 1.54) is 6.92 Å². The van der Waals surface area contributed by atoms with Crippen LogP contribution in [-0.4, -0.2) is 68.1 Å². The molecule has 0 saturated carbocycles. The van der Waals surface area contributed by atoms with Crippen LogP contribution >= 0.6 is 0 Å². The molecule has 0 radical (unpaired) electrons. The van der Waals surface area contributed by atoms with Crippen LogP contribution in [0.4, 0.5) is 11.6 Å². The van der Waals surface area contributed by atoms with E-state index in [4.69, 9.17) is 11.5 Å². The Hall–Kier alpha value is -2.66. The molecular weight excluding hydrogens is 446 g/mol. The fourth-order valence-corrected chi connectivity index (χ4v) is 4.07. The number of aliphatic hydroxyl groups excluding tert-OH is 1. The highest BCUT2D eigenvalue weighted by Gasteiger charge is 2.26. The number of pyridine rings is 1. The first-order valence-corrected chi connectivity index (χ1v) is 12.5. The molecule has 1 atom stereocenters. The Labute approximate surface area is 206 Å². The van der Waals surface area contributed by atoms with Crippen LogP contribution in [0.5, 0.6) is 0 Å². The Bertz CT molecular complexity index is 999. The second-order valence-electron chi connectivity index (χ2n) is 9.70. The monoisotopic (exact) mass is 485 g/mol. The van der Waals surface area contributed by atoms with Gasteiger partial charge in [-0.1, -0.05) is 6.07 Å². The van der Waals surface area contributed by atoms with E-state index < -0.39 is 5.54 Å². The molecule has 0 aliphatic carbocycles. The van der Waals surface area contributed by atoms with Gasteiger partial charge in [0.15, 0.2) is 5.78 Å². The van der Waals surface area contributed by atoms with Gasteiger partial charge in [-0.3, -0.25) is 9.36 Å². The number of ketones is 1. The largest absolute Gasteiger partial charge is 0.394 e. The molecule has 2 aromatic rings. The van der Waals surface area contributed by atoms with Crippen molar-refractivity contribution in [1.29, 1.82) is 0 Å². The zero-order chi connectivity index (χ0) is 25.3. The van der Waals surface area contributed by atoms with Crippen LogP contribution in [-0.2, 0) is 17.8 Å². The lowest BCUT2D eigenvalue weighted by Crippen LogP contribution is -2.48. The number of unbranched alkanes of at least 4 members (excludes halogenated alkanes) is 1. The molecule has 0 spiro atoms. The normalized spacial score (nSPS) is 16.7. The molecule has 6 N–H and O–H groups in total. The Balaban J connectivity index is 1.41. The molecule has 2 aromatic heterocycles. The number of piperidine rings is 1. The summed E-state index contributed by atoms with van der Waals surface area (Å²) in [6, 6.07) is 5.86. The Kier molecular flexibility index (Phi) is 9.91. The second-order valence-corrected chi connectivity index (χ2v) is 9.70. The Morgan fingerprint density at radius 3 is 2.57 bits per heavy atom. The predicted molar refractivity (Wildman–Crippen MR) is 137 cm³/mol. The molecule has 1 saturated heterocycles. The lowest BCUT2D eigenvalue weighted by Gasteiger charge is -2.29. The summed E-state index contributed by atoms with van der Waals surface area (Å²) in [7, 11) is 0. The number of rotatable bonds is 13. The van der Waals surface area contributed by atoms with E-state index in [-0.39, 0.29) is 18.1 Å². The van der Waals surface area contributed by atoms with E-state index >= 15 is 0 Å². The van der Waals surface area contributed by atoms with Crippen molar-refractivity contribution in [2.45, 2.75) is 70.0 Å². The van der Waals surface area contributed by atoms with Crippen molar-refractivity contribution < 1.29 is 9.90 Å². The van der Waals surface area contributed by atoms with E-state index in [2.05, 4.69) is 20.2 Å². The van der Waals surface area contributed by atoms with Gasteiger partial charge in [0.05, 0.1) is 12.1 Å². The minimum Gasteiger partial charge on any atom is -0.394 e. The predicted octanol–water partition coefficient (Wildman–Crippen LogP) is 1.19. The van der Waals surface area contributed by atoms with Crippen LogP contribution < -0.4 is 22.5 Å². The van der Waals surface area contributed by atoms with Crippen molar-refractivity contribution in [1.82, 2.24) is 19.4 Å². The molecule has 1 aliphatic heterocycles. The number of anilines is 2. The third kappa shape index (κ3) is 8.50. The van der Waals surface area contributed by atoms with Crippen molar-refractivity contribution in [2.75, 3.05) is 31.6 Å². The molecule has 1 fully saturated rings. The van der Waals surface area contributed by atoms with Crippen LogP contribution in [0.25, 0.3) is 0 Å². The highest BCUT2D eigenvalue weighted by Crippen LogP contribution is 2.14. The molecule has 10 nitrogen and oxygen atoms in total. The zero-order valence-corrected chi connectivity index (χ0v) is 20.7. The summed E-state index contributed by atoms with van der Waals surface area (Å²) in [5, 5.41) is 12.2. The summed E-state index contributed by atoms with van der Waals surface area (Å²) in [6.45, 7) is 5.00. The van der Waals surface area contributed by atoms with E-state index in [9.17, 15) is 14.7 Å². The standard InChI is InChI=1S/C25H39N7O3/c1-25(27,18-33)21(34)6-4-5-19-7-8-22(28-17-19)29-23-11-16-32(24(35)30-23)13-3-2-12-31-14-9-20(26)10-15-31/h7-8,11,16-17,20,33H,2-6,9-10,12-15,18,26-27H2,1H3,(H,28,29,30,35). The molecule has 10 heteroatoms. The topological polar surface area (TPSA) is 152 Å². The van der Waals surface area contributed by atoms with Crippen molar-refractivity contribution in [3.8, 4) is 0 Å². The number of nitrogens with zero attached hydrogens (tertiary/aromatic N) is 4. The number of hydrogen-bond donors (Lipinski definition) is 4. The molecule has 1 unspecified atom stereocenters. The summed E-state index contributed by atoms with van der Waals surface area (Å²) < 4.78 is 1.64. The van der Waals surface area contributed by atoms with Crippen LogP contribution in [0.1, 0.15) is 51.0 Å². The number of likely N-dealkylation sites (tertiary alicyclic amines) is 1. The van der Waals surface area contributed by atoms with Crippen LogP contribution in [0.3, 0.4) is 0 Å². The maximum atomic E-state index is 12.4. The lowest BCUT2D eigenvalue weighted by atomic mass is 9.94. The zero-order valence-electron chi connectivity index (χ0n) is 20.7. The maximum absolute atomic E-state index is 12.4. The van der Waals surface area contributed by atoms with Gasteiger partial charge in [-0.05, 0) is 82.8 Å². The quantitative estimate of drug-likeness (QED) is 0.306. The van der Waals surface area contributed by atoms with E-state index in [0.29, 0.717) is 43.5 Å². The van der Waals surface area contributed by atoms with E-state index in [0.717, 1.165) is 50.9 Å². The first-order valence-electron chi connectivity index (χ1n) is 12.5. The van der Waals surface area contributed by atoms with Gasteiger partial charge in [-0.15, -0.1) is 0 Å². The minimum atomic E-state index is -1.19. The van der Waals surface area contributed by atoms with Gasteiger partial charge in [-0.25, -0.2) is 9.78 Å². The van der Waals surface area contributed by atoms with Crippen LogP contribution in [0.2, 0.25) is 0 Å². The van der Waals surface area contributed by atoms with Gasteiger partial charge < -0.3 is 26.8 Å². The first kappa shape index (κ1) is 26.9. The highest BCUT2D eigenvalue weighted by atomic mass is 16.3. The number of carbonyl (C=O) groups excluding carboxylic acids is 1. The SMILES string of the molecule is CC(N)(CO)C(=O)CCCc1ccc(Nc2ccn(CCCCN3CCC(N)CC3)c(=O)n2)nc1. The van der Waals surface area contributed by atoms with Gasteiger partial charge in [0.25, 0.3) is 0 Å². The highest BCUT2D eigenvalue weighted by molar-refractivity contribution is 5.87. The summed E-state index contributed by atoms with van der Waals surface area (Å²) in [4.78, 5) is 35.3. The number of hydrogen-bond acceptors (Lipinski definition) is 9. The average molecular weight is 486 g/mol.